The number of pyridine rings is 1. The number of nitrogens with one attached hydrogen (secondary N) is 2. The molecule has 0 unspecified atom stereocenters. The molecule has 0 aliphatic heterocycles. The van der Waals surface area contributed by atoms with Crippen LogP contribution in [0.25, 0.3) is 0 Å². The van der Waals surface area contributed by atoms with Crippen molar-refractivity contribution in [2.45, 2.75) is 50.4 Å². The third-order valence-electron chi connectivity index (χ3n) is 5.14. The standard InChI is InChI=1S/C21H22F5N3O2.2CH5N/c1-31-16-8-2-12(3-9-16)20(30)28-14-6-4-13(5-7-14)27-15-10-17(19(22)23)29-18(11-15)21(24,25)26;2*1-2/h2-3,8-11,13-14,19H,4-7H2,1H3,(H,27,29)(H,28,30);2*2H2,1H3. The molecule has 1 saturated carbocycles. The molecule has 1 heterocycles. The molecular weight excluding hydrogens is 473 g/mol. The molecule has 1 aromatic carbocycles. The van der Waals surface area contributed by atoms with Gasteiger partial charge < -0.3 is 26.8 Å². The predicted octanol–water partition coefficient (Wildman–Crippen LogP) is 4.35. The number of amides is 1. The number of carbonyl (C=O) groups excluding carboxylic acids is 1. The zero-order valence-corrected chi connectivity index (χ0v) is 19.8. The first-order chi connectivity index (χ1) is 16.7. The molecule has 1 fully saturated rings. The number of hydrogen-bond acceptors (Lipinski definition) is 6. The fourth-order valence-electron chi connectivity index (χ4n) is 3.52. The van der Waals surface area contributed by atoms with Crippen molar-refractivity contribution in [3.05, 3.63) is 53.3 Å². The predicted molar refractivity (Wildman–Crippen MR) is 125 cm³/mol. The Morgan fingerprint density at radius 3 is 2.03 bits per heavy atom. The van der Waals surface area contributed by atoms with Gasteiger partial charge in [-0.05, 0) is 76.2 Å². The van der Waals surface area contributed by atoms with Gasteiger partial charge in [0.2, 0.25) is 0 Å². The van der Waals surface area contributed by atoms with Gasteiger partial charge in [0.05, 0.1) is 7.11 Å². The monoisotopic (exact) mass is 505 g/mol. The van der Waals surface area contributed by atoms with E-state index in [0.29, 0.717) is 37.0 Å². The fraction of sp³-hybridized carbons (Fsp3) is 0.478. The van der Waals surface area contributed by atoms with E-state index in [1.54, 1.807) is 24.3 Å². The van der Waals surface area contributed by atoms with Crippen molar-refractivity contribution >= 4 is 11.6 Å². The summed E-state index contributed by atoms with van der Waals surface area (Å²) in [6, 6.07) is 8.10. The molecule has 1 amide bonds. The van der Waals surface area contributed by atoms with Gasteiger partial charge in [0.25, 0.3) is 12.3 Å². The third kappa shape index (κ3) is 9.29. The second kappa shape index (κ2) is 14.4. The largest absolute Gasteiger partial charge is 0.497 e. The number of methoxy groups -OCH3 is 1. The maximum Gasteiger partial charge on any atom is 0.433 e. The highest BCUT2D eigenvalue weighted by Gasteiger charge is 2.34. The zero-order valence-electron chi connectivity index (χ0n) is 19.8. The molecule has 2 aromatic rings. The molecule has 0 radical (unpaired) electrons. The van der Waals surface area contributed by atoms with E-state index in [-0.39, 0.29) is 23.7 Å². The van der Waals surface area contributed by atoms with Crippen LogP contribution in [-0.2, 0) is 6.18 Å². The molecule has 0 atom stereocenters. The van der Waals surface area contributed by atoms with Crippen LogP contribution >= 0.6 is 0 Å². The summed E-state index contributed by atoms with van der Waals surface area (Å²) < 4.78 is 69.8. The molecule has 0 saturated heterocycles. The summed E-state index contributed by atoms with van der Waals surface area (Å²) in [5, 5.41) is 5.85. The van der Waals surface area contributed by atoms with Crippen LogP contribution in [0.5, 0.6) is 5.75 Å². The number of nitrogens with two attached hydrogens (primary N) is 2. The van der Waals surface area contributed by atoms with E-state index in [4.69, 9.17) is 4.74 Å². The number of benzene rings is 1. The summed E-state index contributed by atoms with van der Waals surface area (Å²) in [5.41, 5.74) is 7.19. The molecule has 3 rings (SSSR count). The highest BCUT2D eigenvalue weighted by atomic mass is 19.4. The van der Waals surface area contributed by atoms with Gasteiger partial charge in [0.15, 0.2) is 0 Å². The number of alkyl halides is 5. The molecule has 1 aromatic heterocycles. The number of ether oxygens (including phenoxy) is 1. The maximum atomic E-state index is 13.0. The number of halogens is 5. The molecule has 1 aliphatic rings. The van der Waals surface area contributed by atoms with E-state index in [0.717, 1.165) is 12.1 Å². The van der Waals surface area contributed by atoms with Gasteiger partial charge in [0.1, 0.15) is 17.1 Å². The lowest BCUT2D eigenvalue weighted by Crippen LogP contribution is -2.40. The van der Waals surface area contributed by atoms with Gasteiger partial charge in [-0.1, -0.05) is 0 Å². The molecule has 35 heavy (non-hydrogen) atoms. The van der Waals surface area contributed by atoms with Crippen LogP contribution in [0, 0.1) is 0 Å². The Morgan fingerprint density at radius 2 is 1.54 bits per heavy atom. The van der Waals surface area contributed by atoms with Crippen molar-refractivity contribution in [3.63, 3.8) is 0 Å². The summed E-state index contributed by atoms with van der Waals surface area (Å²) in [4.78, 5) is 15.4. The average molecular weight is 506 g/mol. The Hall–Kier alpha value is -2.99. The Kier molecular flexibility index (Phi) is 12.4. The molecule has 0 spiro atoms. The summed E-state index contributed by atoms with van der Waals surface area (Å²) >= 11 is 0. The summed E-state index contributed by atoms with van der Waals surface area (Å²) in [6.07, 6.45) is -5.56. The Balaban J connectivity index is 0.00000145. The maximum absolute atomic E-state index is 13.0. The minimum Gasteiger partial charge on any atom is -0.497 e. The third-order valence-corrected chi connectivity index (χ3v) is 5.14. The van der Waals surface area contributed by atoms with Crippen LogP contribution in [-0.4, -0.2) is 44.2 Å². The van der Waals surface area contributed by atoms with Crippen molar-refractivity contribution in [2.75, 3.05) is 26.5 Å². The van der Waals surface area contributed by atoms with Crippen LogP contribution in [0.4, 0.5) is 27.6 Å². The number of nitrogens with zero attached hydrogens (tertiary/aromatic N) is 1. The highest BCUT2D eigenvalue weighted by molar-refractivity contribution is 5.94. The quantitative estimate of drug-likeness (QED) is 0.434. The van der Waals surface area contributed by atoms with Gasteiger partial charge in [0, 0.05) is 23.3 Å². The van der Waals surface area contributed by atoms with Crippen LogP contribution in [0.1, 0.15) is 53.9 Å². The Morgan fingerprint density at radius 1 is 1.00 bits per heavy atom. The molecule has 1 aliphatic carbocycles. The first-order valence-corrected chi connectivity index (χ1v) is 10.9. The molecular formula is C23H32F5N5O2. The average Bonchev–Trinajstić information content (AvgIpc) is 2.87. The van der Waals surface area contributed by atoms with Crippen molar-refractivity contribution in [1.82, 2.24) is 10.3 Å². The first-order valence-electron chi connectivity index (χ1n) is 10.9. The van der Waals surface area contributed by atoms with Crippen LogP contribution in [0.15, 0.2) is 36.4 Å². The number of aromatic nitrogens is 1. The summed E-state index contributed by atoms with van der Waals surface area (Å²) in [7, 11) is 4.53. The SMILES string of the molecule is CN.CN.COc1ccc(C(=O)NC2CCC(Nc3cc(C(F)F)nc(C(F)(F)F)c3)CC2)cc1. The van der Waals surface area contributed by atoms with E-state index in [1.807, 2.05) is 0 Å². The number of hydrogen-bond donors (Lipinski definition) is 4. The minimum absolute atomic E-state index is 0.0386. The Labute approximate surface area is 201 Å². The highest BCUT2D eigenvalue weighted by Crippen LogP contribution is 2.33. The van der Waals surface area contributed by atoms with E-state index in [1.165, 1.54) is 21.2 Å². The van der Waals surface area contributed by atoms with Gasteiger partial charge in [-0.3, -0.25) is 4.79 Å². The fourth-order valence-corrected chi connectivity index (χ4v) is 3.52. The molecule has 7 nitrogen and oxygen atoms in total. The van der Waals surface area contributed by atoms with Crippen molar-refractivity contribution in [1.29, 1.82) is 0 Å². The van der Waals surface area contributed by atoms with Gasteiger partial charge >= 0.3 is 6.18 Å². The molecule has 196 valence electrons. The van der Waals surface area contributed by atoms with Gasteiger partial charge in [-0.2, -0.15) is 13.2 Å². The van der Waals surface area contributed by atoms with Crippen molar-refractivity contribution < 1.29 is 31.5 Å². The van der Waals surface area contributed by atoms with Crippen molar-refractivity contribution in [2.24, 2.45) is 11.5 Å². The minimum atomic E-state index is -4.81. The van der Waals surface area contributed by atoms with E-state index >= 15 is 0 Å². The van der Waals surface area contributed by atoms with E-state index < -0.39 is 24.0 Å². The second-order valence-corrected chi connectivity index (χ2v) is 7.36. The summed E-state index contributed by atoms with van der Waals surface area (Å²) in [6.45, 7) is 0. The van der Waals surface area contributed by atoms with Gasteiger partial charge in [-0.15, -0.1) is 0 Å². The first kappa shape index (κ1) is 30.0. The molecule has 6 N–H and O–H groups in total. The van der Waals surface area contributed by atoms with Crippen LogP contribution in [0.2, 0.25) is 0 Å². The number of rotatable bonds is 6. The lowest BCUT2D eigenvalue weighted by Gasteiger charge is -2.30. The summed E-state index contributed by atoms with van der Waals surface area (Å²) in [5.74, 6) is 0.424. The lowest BCUT2D eigenvalue weighted by molar-refractivity contribution is -0.141. The molecule has 12 heteroatoms. The van der Waals surface area contributed by atoms with Crippen LogP contribution in [0.3, 0.4) is 0 Å². The number of carbonyl (C=O) groups is 1. The Bertz CT molecular complexity index is 902. The van der Waals surface area contributed by atoms with Crippen molar-refractivity contribution in [3.8, 4) is 5.75 Å². The lowest BCUT2D eigenvalue weighted by atomic mass is 9.90. The van der Waals surface area contributed by atoms with E-state index in [9.17, 15) is 26.7 Å². The normalized spacial score (nSPS) is 17.3. The number of anilines is 1. The van der Waals surface area contributed by atoms with E-state index in [2.05, 4.69) is 27.1 Å². The zero-order chi connectivity index (χ0) is 26.6. The topological polar surface area (TPSA) is 115 Å². The smallest absolute Gasteiger partial charge is 0.433 e. The molecule has 0 bridgehead atoms. The van der Waals surface area contributed by atoms with Crippen LogP contribution < -0.4 is 26.8 Å². The second-order valence-electron chi connectivity index (χ2n) is 7.36. The van der Waals surface area contributed by atoms with Gasteiger partial charge in [-0.25, -0.2) is 13.8 Å².